The van der Waals surface area contributed by atoms with E-state index in [1.165, 1.54) is 32.1 Å². The van der Waals surface area contributed by atoms with Crippen LogP contribution in [0.3, 0.4) is 0 Å². The first-order valence-electron chi connectivity index (χ1n) is 5.87. The van der Waals surface area contributed by atoms with Gasteiger partial charge >= 0.3 is 11.8 Å². The summed E-state index contributed by atoms with van der Waals surface area (Å²) in [4.78, 5) is 26.2. The third kappa shape index (κ3) is 2.40. The highest BCUT2D eigenvalue weighted by Crippen LogP contribution is 2.27. The molecule has 1 saturated carbocycles. The molecular weight excluding hydrogens is 206 g/mol. The molecule has 1 unspecified atom stereocenters. The molecule has 2 amide bonds. The molecule has 1 atom stereocenters. The van der Waals surface area contributed by atoms with Crippen molar-refractivity contribution in [2.24, 2.45) is 10.9 Å². The van der Waals surface area contributed by atoms with Crippen molar-refractivity contribution >= 4 is 17.8 Å². The van der Waals surface area contributed by atoms with E-state index in [-0.39, 0.29) is 6.04 Å². The zero-order chi connectivity index (χ0) is 11.5. The fourth-order valence-corrected chi connectivity index (χ4v) is 2.35. The molecule has 0 radical (unpaired) electrons. The number of amides is 2. The topological polar surface area (TPSA) is 70.6 Å². The van der Waals surface area contributed by atoms with E-state index in [1.807, 2.05) is 6.92 Å². The quantitative estimate of drug-likeness (QED) is 0.671. The molecule has 0 aromatic rings. The van der Waals surface area contributed by atoms with Crippen molar-refractivity contribution in [2.45, 2.75) is 45.1 Å². The molecule has 0 aromatic carbocycles. The molecule has 0 bridgehead atoms. The normalized spacial score (nSPS) is 23.9. The van der Waals surface area contributed by atoms with Crippen molar-refractivity contribution in [3.8, 4) is 0 Å². The highest BCUT2D eigenvalue weighted by molar-refractivity contribution is 6.45. The molecule has 16 heavy (non-hydrogen) atoms. The Morgan fingerprint density at radius 2 is 1.69 bits per heavy atom. The predicted molar refractivity (Wildman–Crippen MR) is 59.8 cm³/mol. The SMILES string of the molecule is CC(N=C1NC(=O)C(=O)N1)C1CCCCC1. The van der Waals surface area contributed by atoms with Gasteiger partial charge in [-0.15, -0.1) is 0 Å². The number of carbonyl (C=O) groups is 2. The third-order valence-electron chi connectivity index (χ3n) is 3.33. The van der Waals surface area contributed by atoms with E-state index in [1.54, 1.807) is 0 Å². The van der Waals surface area contributed by atoms with Gasteiger partial charge in [-0.25, -0.2) is 4.99 Å². The summed E-state index contributed by atoms with van der Waals surface area (Å²) in [5.41, 5.74) is 0. The van der Waals surface area contributed by atoms with Crippen LogP contribution >= 0.6 is 0 Å². The summed E-state index contributed by atoms with van der Waals surface area (Å²) in [6.45, 7) is 2.04. The van der Waals surface area contributed by atoms with Crippen LogP contribution in [-0.4, -0.2) is 23.8 Å². The van der Waals surface area contributed by atoms with E-state index < -0.39 is 11.8 Å². The Hall–Kier alpha value is -1.39. The number of nitrogens with zero attached hydrogens (tertiary/aromatic N) is 1. The Balaban J connectivity index is 1.95. The average molecular weight is 223 g/mol. The average Bonchev–Trinajstić information content (AvgIpc) is 2.59. The molecule has 2 fully saturated rings. The maximum atomic E-state index is 10.9. The number of rotatable bonds is 2. The van der Waals surface area contributed by atoms with Gasteiger partial charge in [0.05, 0.1) is 6.04 Å². The molecule has 1 aliphatic heterocycles. The van der Waals surface area contributed by atoms with Crippen molar-refractivity contribution in [1.82, 2.24) is 10.6 Å². The summed E-state index contributed by atoms with van der Waals surface area (Å²) in [7, 11) is 0. The zero-order valence-electron chi connectivity index (χ0n) is 9.45. The maximum Gasteiger partial charge on any atom is 0.316 e. The minimum atomic E-state index is -0.616. The van der Waals surface area contributed by atoms with Crippen molar-refractivity contribution in [3.63, 3.8) is 0 Å². The summed E-state index contributed by atoms with van der Waals surface area (Å²) >= 11 is 0. The maximum absolute atomic E-state index is 10.9. The molecular formula is C11H17N3O2. The lowest BCUT2D eigenvalue weighted by atomic mass is 9.85. The van der Waals surface area contributed by atoms with Crippen molar-refractivity contribution in [1.29, 1.82) is 0 Å². The second-order valence-corrected chi connectivity index (χ2v) is 4.52. The van der Waals surface area contributed by atoms with Crippen molar-refractivity contribution in [2.75, 3.05) is 0 Å². The molecule has 1 aliphatic carbocycles. The lowest BCUT2D eigenvalue weighted by Crippen LogP contribution is -2.29. The summed E-state index contributed by atoms with van der Waals surface area (Å²) in [5.74, 6) is -0.340. The Morgan fingerprint density at radius 1 is 1.12 bits per heavy atom. The Kier molecular flexibility index (Phi) is 3.22. The molecule has 2 aliphatic rings. The van der Waals surface area contributed by atoms with Gasteiger partial charge in [-0.1, -0.05) is 19.3 Å². The van der Waals surface area contributed by atoms with Crippen LogP contribution in [0.15, 0.2) is 4.99 Å². The number of hydrogen-bond donors (Lipinski definition) is 2. The summed E-state index contributed by atoms with van der Waals surface area (Å²) in [6.07, 6.45) is 6.23. The molecule has 0 spiro atoms. The first-order valence-corrected chi connectivity index (χ1v) is 5.87. The number of carbonyl (C=O) groups excluding carboxylic acids is 2. The van der Waals surface area contributed by atoms with Crippen LogP contribution in [0.25, 0.3) is 0 Å². The minimum Gasteiger partial charge on any atom is -0.288 e. The summed E-state index contributed by atoms with van der Waals surface area (Å²) < 4.78 is 0. The standard InChI is InChI=1S/C11H17N3O2/c1-7(8-5-3-2-4-6-8)12-11-13-9(15)10(16)14-11/h7-8H,2-6H2,1H3,(H2,12,13,14,15,16). The molecule has 1 saturated heterocycles. The molecule has 1 heterocycles. The fraction of sp³-hybridized carbons (Fsp3) is 0.727. The largest absolute Gasteiger partial charge is 0.316 e. The van der Waals surface area contributed by atoms with Gasteiger partial charge in [0.2, 0.25) is 5.96 Å². The van der Waals surface area contributed by atoms with Crippen LogP contribution in [0.4, 0.5) is 0 Å². The highest BCUT2D eigenvalue weighted by atomic mass is 16.2. The van der Waals surface area contributed by atoms with Gasteiger partial charge in [-0.05, 0) is 25.7 Å². The highest BCUT2D eigenvalue weighted by Gasteiger charge is 2.27. The minimum absolute atomic E-state index is 0.161. The number of nitrogens with one attached hydrogen (secondary N) is 2. The third-order valence-corrected chi connectivity index (χ3v) is 3.33. The van der Waals surface area contributed by atoms with E-state index in [2.05, 4.69) is 15.6 Å². The monoisotopic (exact) mass is 223 g/mol. The van der Waals surface area contributed by atoms with Crippen LogP contribution in [0.1, 0.15) is 39.0 Å². The molecule has 2 N–H and O–H groups in total. The van der Waals surface area contributed by atoms with E-state index in [9.17, 15) is 9.59 Å². The van der Waals surface area contributed by atoms with Crippen LogP contribution < -0.4 is 10.6 Å². The summed E-state index contributed by atoms with van der Waals surface area (Å²) in [6, 6.07) is 0.161. The first kappa shape index (κ1) is 11.1. The van der Waals surface area contributed by atoms with Gasteiger partial charge in [0.25, 0.3) is 0 Å². The molecule has 88 valence electrons. The smallest absolute Gasteiger partial charge is 0.288 e. The van der Waals surface area contributed by atoms with Gasteiger partial charge in [-0.2, -0.15) is 0 Å². The van der Waals surface area contributed by atoms with E-state index in [4.69, 9.17) is 0 Å². The molecule has 5 heteroatoms. The lowest BCUT2D eigenvalue weighted by Gasteiger charge is -2.25. The second kappa shape index (κ2) is 4.63. The number of hydrogen-bond acceptors (Lipinski definition) is 3. The Bertz CT molecular complexity index is 314. The van der Waals surface area contributed by atoms with Gasteiger partial charge < -0.3 is 0 Å². The fourth-order valence-electron chi connectivity index (χ4n) is 2.35. The molecule has 2 rings (SSSR count). The van der Waals surface area contributed by atoms with E-state index in [0.717, 1.165) is 0 Å². The number of aliphatic imine (C=N–C) groups is 1. The van der Waals surface area contributed by atoms with Crippen LogP contribution in [0.5, 0.6) is 0 Å². The Morgan fingerprint density at radius 3 is 2.25 bits per heavy atom. The second-order valence-electron chi connectivity index (χ2n) is 4.52. The van der Waals surface area contributed by atoms with Crippen LogP contribution in [0, 0.1) is 5.92 Å². The van der Waals surface area contributed by atoms with Gasteiger partial charge in [0, 0.05) is 0 Å². The van der Waals surface area contributed by atoms with Gasteiger partial charge in [0.1, 0.15) is 0 Å². The van der Waals surface area contributed by atoms with E-state index >= 15 is 0 Å². The lowest BCUT2D eigenvalue weighted by molar-refractivity contribution is -0.135. The van der Waals surface area contributed by atoms with E-state index in [0.29, 0.717) is 11.9 Å². The van der Waals surface area contributed by atoms with Crippen LogP contribution in [-0.2, 0) is 9.59 Å². The molecule has 0 aromatic heterocycles. The summed E-state index contributed by atoms with van der Waals surface area (Å²) in [5, 5.41) is 4.85. The zero-order valence-corrected chi connectivity index (χ0v) is 9.45. The van der Waals surface area contributed by atoms with Gasteiger partial charge in [-0.3, -0.25) is 20.2 Å². The predicted octanol–water partition coefficient (Wildman–Crippen LogP) is 0.557. The van der Waals surface area contributed by atoms with Gasteiger partial charge in [0.15, 0.2) is 0 Å². The van der Waals surface area contributed by atoms with Crippen molar-refractivity contribution in [3.05, 3.63) is 0 Å². The number of guanidine groups is 1. The van der Waals surface area contributed by atoms with Crippen molar-refractivity contribution < 1.29 is 9.59 Å². The molecule has 5 nitrogen and oxygen atoms in total. The van der Waals surface area contributed by atoms with Crippen LogP contribution in [0.2, 0.25) is 0 Å². The first-order chi connectivity index (χ1) is 7.66. The Labute approximate surface area is 94.7 Å².